The Balaban J connectivity index is 1.58. The van der Waals surface area contributed by atoms with E-state index in [4.69, 9.17) is 23.8 Å². The zero-order valence-electron chi connectivity index (χ0n) is 16.6. The van der Waals surface area contributed by atoms with Crippen LogP contribution in [-0.4, -0.2) is 33.9 Å². The summed E-state index contributed by atoms with van der Waals surface area (Å²) in [6, 6.07) is 10.6. The van der Waals surface area contributed by atoms with Gasteiger partial charge in [-0.1, -0.05) is 17.7 Å². The molecule has 0 aliphatic heterocycles. The summed E-state index contributed by atoms with van der Waals surface area (Å²) in [5.41, 5.74) is 8.07. The van der Waals surface area contributed by atoms with Crippen molar-refractivity contribution in [2.24, 2.45) is 5.73 Å². The summed E-state index contributed by atoms with van der Waals surface area (Å²) in [4.78, 5) is 32.1. The number of rotatable bonds is 5. The molecule has 1 aliphatic carbocycles. The third-order valence-electron chi connectivity index (χ3n) is 5.42. The summed E-state index contributed by atoms with van der Waals surface area (Å²) in [7, 11) is 0. The number of fused-ring (bicyclic) bond motifs is 1. The van der Waals surface area contributed by atoms with E-state index in [1.54, 1.807) is 24.4 Å². The van der Waals surface area contributed by atoms with Crippen LogP contribution in [0.3, 0.4) is 0 Å². The summed E-state index contributed by atoms with van der Waals surface area (Å²) >= 11 is 6.33. The quantitative estimate of drug-likeness (QED) is 0.535. The molecule has 4 N–H and O–H groups in total. The summed E-state index contributed by atoms with van der Waals surface area (Å²) < 4.78 is 0. The van der Waals surface area contributed by atoms with Crippen LogP contribution in [-0.2, 0) is 4.79 Å². The number of nitrogens with two attached hydrogens (primary N) is 1. The Labute approximate surface area is 184 Å². The van der Waals surface area contributed by atoms with Gasteiger partial charge in [-0.05, 0) is 61.1 Å². The molecule has 7 nitrogen and oxygen atoms in total. The molecule has 4 rings (SSSR count). The predicted molar refractivity (Wildman–Crippen MR) is 121 cm³/mol. The highest BCUT2D eigenvalue weighted by Crippen LogP contribution is 2.31. The number of halogens is 1. The fraction of sp³-hybridized carbons (Fsp3) is 0.217. The second kappa shape index (κ2) is 8.62. The van der Waals surface area contributed by atoms with Crippen LogP contribution in [0.15, 0.2) is 42.6 Å². The van der Waals surface area contributed by atoms with E-state index in [0.29, 0.717) is 22.1 Å². The first-order valence-electron chi connectivity index (χ1n) is 9.85. The van der Waals surface area contributed by atoms with Gasteiger partial charge in [0, 0.05) is 39.8 Å². The van der Waals surface area contributed by atoms with Crippen molar-refractivity contribution in [1.29, 1.82) is 0 Å². The first-order valence-corrected chi connectivity index (χ1v) is 10.2. The number of nitrogens with one attached hydrogen (secondary N) is 2. The molecule has 2 atom stereocenters. The van der Waals surface area contributed by atoms with E-state index >= 15 is 0 Å². The average Bonchev–Trinajstić information content (AvgIpc) is 3.19. The Hall–Kier alpha value is -3.63. The summed E-state index contributed by atoms with van der Waals surface area (Å²) in [5, 5.41) is 7.50. The van der Waals surface area contributed by atoms with E-state index in [9.17, 15) is 9.59 Å². The van der Waals surface area contributed by atoms with Crippen molar-refractivity contribution in [3.05, 3.63) is 53.2 Å². The average molecular weight is 434 g/mol. The zero-order valence-corrected chi connectivity index (χ0v) is 17.3. The van der Waals surface area contributed by atoms with Crippen molar-refractivity contribution in [3.63, 3.8) is 0 Å². The summed E-state index contributed by atoms with van der Waals surface area (Å²) in [6.07, 6.45) is 9.61. The normalized spacial score (nSPS) is 17.8. The SMILES string of the molecule is C#CC(=O)N[C@H]1CCC[C@H]1Nc1ncc2cc(-c3cc(C(N)=O)ccc3Cl)ccc2n1. The fourth-order valence-corrected chi connectivity index (χ4v) is 4.08. The standard InChI is InChI=1S/C23H20ClN5O2/c1-2-21(30)27-19-4-3-5-20(19)29-23-26-12-15-10-13(7-9-18(15)28-23)16-11-14(22(25)31)6-8-17(16)24/h1,6-12,19-20H,3-5H2,(H2,25,31)(H,27,30)(H,26,28,29)/t19-,20+/m0/s1. The van der Waals surface area contributed by atoms with Gasteiger partial charge < -0.3 is 16.4 Å². The van der Waals surface area contributed by atoms with E-state index in [1.165, 1.54) is 0 Å². The van der Waals surface area contributed by atoms with Crippen LogP contribution >= 0.6 is 11.6 Å². The highest BCUT2D eigenvalue weighted by molar-refractivity contribution is 6.33. The van der Waals surface area contributed by atoms with Crippen LogP contribution in [0.5, 0.6) is 0 Å². The Kier molecular flexibility index (Phi) is 5.74. The van der Waals surface area contributed by atoms with Crippen LogP contribution in [0, 0.1) is 12.3 Å². The molecule has 3 aromatic rings. The van der Waals surface area contributed by atoms with Gasteiger partial charge in [0.15, 0.2) is 0 Å². The van der Waals surface area contributed by atoms with Gasteiger partial charge in [-0.25, -0.2) is 9.97 Å². The molecule has 0 bridgehead atoms. The molecule has 0 saturated heterocycles. The van der Waals surface area contributed by atoms with Gasteiger partial charge in [-0.2, -0.15) is 0 Å². The molecule has 0 spiro atoms. The molecule has 2 amide bonds. The summed E-state index contributed by atoms with van der Waals surface area (Å²) in [5.74, 6) is 1.65. The van der Waals surface area contributed by atoms with Crippen molar-refractivity contribution < 1.29 is 9.59 Å². The van der Waals surface area contributed by atoms with Crippen LogP contribution in [0.25, 0.3) is 22.0 Å². The number of aromatic nitrogens is 2. The maximum atomic E-state index is 11.5. The second-order valence-electron chi connectivity index (χ2n) is 7.43. The van der Waals surface area contributed by atoms with Gasteiger partial charge in [-0.15, -0.1) is 6.42 Å². The highest BCUT2D eigenvalue weighted by atomic mass is 35.5. The Morgan fingerprint density at radius 3 is 2.74 bits per heavy atom. The van der Waals surface area contributed by atoms with Crippen molar-refractivity contribution in [2.45, 2.75) is 31.3 Å². The van der Waals surface area contributed by atoms with Crippen molar-refractivity contribution in [2.75, 3.05) is 5.32 Å². The number of anilines is 1. The third-order valence-corrected chi connectivity index (χ3v) is 5.75. The van der Waals surface area contributed by atoms with E-state index in [-0.39, 0.29) is 12.1 Å². The lowest BCUT2D eigenvalue weighted by Gasteiger charge is -2.21. The first kappa shape index (κ1) is 20.6. The number of primary amides is 1. The van der Waals surface area contributed by atoms with Gasteiger partial charge >= 0.3 is 0 Å². The Morgan fingerprint density at radius 1 is 1.16 bits per heavy atom. The molecule has 1 heterocycles. The monoisotopic (exact) mass is 433 g/mol. The minimum absolute atomic E-state index is 0.0179. The molecule has 0 radical (unpaired) electrons. The number of hydrogen-bond acceptors (Lipinski definition) is 5. The van der Waals surface area contributed by atoms with Gasteiger partial charge in [0.25, 0.3) is 5.91 Å². The minimum Gasteiger partial charge on any atom is -0.366 e. The molecule has 1 aliphatic rings. The first-order chi connectivity index (χ1) is 14.9. The highest BCUT2D eigenvalue weighted by Gasteiger charge is 2.28. The van der Waals surface area contributed by atoms with E-state index in [0.717, 1.165) is 35.7 Å². The van der Waals surface area contributed by atoms with Crippen LogP contribution in [0.1, 0.15) is 29.6 Å². The molecule has 8 heteroatoms. The van der Waals surface area contributed by atoms with Gasteiger partial charge in [0.2, 0.25) is 11.9 Å². The Morgan fingerprint density at radius 2 is 1.97 bits per heavy atom. The lowest BCUT2D eigenvalue weighted by molar-refractivity contribution is -0.116. The largest absolute Gasteiger partial charge is 0.366 e. The van der Waals surface area contributed by atoms with E-state index < -0.39 is 11.8 Å². The van der Waals surface area contributed by atoms with Crippen LogP contribution in [0.2, 0.25) is 5.02 Å². The summed E-state index contributed by atoms with van der Waals surface area (Å²) in [6.45, 7) is 0. The number of benzene rings is 2. The molecule has 1 saturated carbocycles. The molecule has 31 heavy (non-hydrogen) atoms. The number of hydrogen-bond donors (Lipinski definition) is 3. The van der Waals surface area contributed by atoms with Crippen molar-refractivity contribution in [1.82, 2.24) is 15.3 Å². The van der Waals surface area contributed by atoms with Gasteiger partial charge in [0.1, 0.15) is 0 Å². The number of carbonyl (C=O) groups excluding carboxylic acids is 2. The number of carbonyl (C=O) groups is 2. The Bertz CT molecular complexity index is 1220. The molecule has 0 unspecified atom stereocenters. The number of nitrogens with zero attached hydrogens (tertiary/aromatic N) is 2. The molecule has 2 aromatic carbocycles. The number of amides is 2. The van der Waals surface area contributed by atoms with E-state index in [1.807, 2.05) is 18.2 Å². The maximum Gasteiger partial charge on any atom is 0.295 e. The molecule has 1 fully saturated rings. The van der Waals surface area contributed by atoms with E-state index in [2.05, 4.69) is 26.5 Å². The van der Waals surface area contributed by atoms with Crippen molar-refractivity contribution >= 4 is 40.3 Å². The molecular weight excluding hydrogens is 414 g/mol. The predicted octanol–water partition coefficient (Wildman–Crippen LogP) is 3.13. The molecule has 1 aromatic heterocycles. The second-order valence-corrected chi connectivity index (χ2v) is 7.84. The maximum absolute atomic E-state index is 11.5. The lowest BCUT2D eigenvalue weighted by atomic mass is 10.0. The van der Waals surface area contributed by atoms with Crippen LogP contribution in [0.4, 0.5) is 5.95 Å². The lowest BCUT2D eigenvalue weighted by Crippen LogP contribution is -2.43. The zero-order chi connectivity index (χ0) is 22.0. The molecular formula is C23H20ClN5O2. The topological polar surface area (TPSA) is 110 Å². The fourth-order valence-electron chi connectivity index (χ4n) is 3.85. The van der Waals surface area contributed by atoms with Crippen molar-refractivity contribution in [3.8, 4) is 23.5 Å². The van der Waals surface area contributed by atoms with Gasteiger partial charge in [0.05, 0.1) is 5.52 Å². The molecule has 156 valence electrons. The minimum atomic E-state index is -0.513. The number of terminal acetylenes is 1. The van der Waals surface area contributed by atoms with Gasteiger partial charge in [-0.3, -0.25) is 9.59 Å². The van der Waals surface area contributed by atoms with Crippen LogP contribution < -0.4 is 16.4 Å². The smallest absolute Gasteiger partial charge is 0.295 e. The third kappa shape index (κ3) is 4.44.